The SMILES string of the molecule is Cc1nc(Cl)c(C(=O)O)cc1C(F)F. The molecule has 1 heterocycles. The quantitative estimate of drug-likeness (QED) is 0.781. The van der Waals surface area contributed by atoms with E-state index in [1.807, 2.05) is 0 Å². The largest absolute Gasteiger partial charge is 0.478 e. The lowest BCUT2D eigenvalue weighted by Gasteiger charge is -2.06. The van der Waals surface area contributed by atoms with E-state index in [4.69, 9.17) is 16.7 Å². The van der Waals surface area contributed by atoms with Gasteiger partial charge in [0, 0.05) is 11.3 Å². The van der Waals surface area contributed by atoms with Crippen LogP contribution >= 0.6 is 11.6 Å². The van der Waals surface area contributed by atoms with Crippen LogP contribution in [0.2, 0.25) is 5.15 Å². The van der Waals surface area contributed by atoms with Crippen LogP contribution in [0.4, 0.5) is 8.78 Å². The third kappa shape index (κ3) is 1.98. The van der Waals surface area contributed by atoms with Crippen LogP contribution in [-0.2, 0) is 0 Å². The molecule has 0 fully saturated rings. The summed E-state index contributed by atoms with van der Waals surface area (Å²) in [6.45, 7) is 1.35. The lowest BCUT2D eigenvalue weighted by atomic mass is 10.1. The summed E-state index contributed by atoms with van der Waals surface area (Å²) in [5.41, 5.74) is -0.783. The number of halogens is 3. The number of aromatic carboxylic acids is 1. The van der Waals surface area contributed by atoms with Crippen molar-refractivity contribution >= 4 is 17.6 Å². The molecule has 0 spiro atoms. The van der Waals surface area contributed by atoms with E-state index in [1.165, 1.54) is 6.92 Å². The van der Waals surface area contributed by atoms with Crippen LogP contribution in [0.15, 0.2) is 6.07 Å². The number of carboxylic acids is 1. The Morgan fingerprint density at radius 3 is 2.64 bits per heavy atom. The lowest BCUT2D eigenvalue weighted by Crippen LogP contribution is -2.03. The fourth-order valence-corrected chi connectivity index (χ4v) is 1.22. The average molecular weight is 222 g/mol. The molecule has 0 radical (unpaired) electrons. The van der Waals surface area contributed by atoms with Gasteiger partial charge in [-0.1, -0.05) is 11.6 Å². The van der Waals surface area contributed by atoms with Crippen LogP contribution < -0.4 is 0 Å². The molecule has 6 heteroatoms. The monoisotopic (exact) mass is 221 g/mol. The molecule has 0 amide bonds. The molecule has 0 unspecified atom stereocenters. The van der Waals surface area contributed by atoms with Crippen molar-refractivity contribution in [3.05, 3.63) is 28.0 Å². The van der Waals surface area contributed by atoms with Gasteiger partial charge in [-0.2, -0.15) is 0 Å². The Morgan fingerprint density at radius 2 is 2.21 bits per heavy atom. The first-order valence-corrected chi connectivity index (χ1v) is 3.99. The van der Waals surface area contributed by atoms with Crippen molar-refractivity contribution in [2.75, 3.05) is 0 Å². The van der Waals surface area contributed by atoms with E-state index in [9.17, 15) is 13.6 Å². The Morgan fingerprint density at radius 1 is 1.64 bits per heavy atom. The summed E-state index contributed by atoms with van der Waals surface area (Å²) in [4.78, 5) is 14.1. The first-order chi connectivity index (χ1) is 6.43. The van der Waals surface area contributed by atoms with Crippen LogP contribution in [0.3, 0.4) is 0 Å². The highest BCUT2D eigenvalue weighted by Crippen LogP contribution is 2.25. The van der Waals surface area contributed by atoms with Crippen molar-refractivity contribution in [3.8, 4) is 0 Å². The van der Waals surface area contributed by atoms with Crippen LogP contribution in [0, 0.1) is 6.92 Å². The van der Waals surface area contributed by atoms with Gasteiger partial charge in [0.05, 0.1) is 5.56 Å². The number of hydrogen-bond acceptors (Lipinski definition) is 2. The van der Waals surface area contributed by atoms with Gasteiger partial charge in [-0.3, -0.25) is 0 Å². The maximum absolute atomic E-state index is 12.3. The maximum Gasteiger partial charge on any atom is 0.338 e. The third-order valence-electron chi connectivity index (χ3n) is 1.67. The minimum atomic E-state index is -2.75. The molecule has 0 aromatic carbocycles. The molecule has 3 nitrogen and oxygen atoms in total. The Kier molecular flexibility index (Phi) is 3.00. The van der Waals surface area contributed by atoms with Crippen LogP contribution in [-0.4, -0.2) is 16.1 Å². The third-order valence-corrected chi connectivity index (χ3v) is 1.96. The molecule has 0 saturated carbocycles. The summed E-state index contributed by atoms with van der Waals surface area (Å²) in [5, 5.41) is 8.32. The van der Waals surface area contributed by atoms with E-state index in [0.29, 0.717) is 0 Å². The summed E-state index contributed by atoms with van der Waals surface area (Å²) in [7, 11) is 0. The Balaban J connectivity index is 3.34. The molecule has 1 aromatic rings. The molecule has 76 valence electrons. The Hall–Kier alpha value is -1.23. The normalized spacial score (nSPS) is 10.6. The number of nitrogens with zero attached hydrogens (tertiary/aromatic N) is 1. The number of hydrogen-bond donors (Lipinski definition) is 1. The molecular formula is C8H6ClF2NO2. The second-order valence-electron chi connectivity index (χ2n) is 2.61. The highest BCUT2D eigenvalue weighted by atomic mass is 35.5. The van der Waals surface area contributed by atoms with Gasteiger partial charge in [0.2, 0.25) is 0 Å². The van der Waals surface area contributed by atoms with Gasteiger partial charge in [-0.15, -0.1) is 0 Å². The van der Waals surface area contributed by atoms with Gasteiger partial charge in [0.15, 0.2) is 0 Å². The molecule has 1 rings (SSSR count). The second-order valence-corrected chi connectivity index (χ2v) is 2.97. The molecule has 0 aliphatic carbocycles. The van der Waals surface area contributed by atoms with E-state index >= 15 is 0 Å². The highest BCUT2D eigenvalue weighted by Gasteiger charge is 2.18. The van der Waals surface area contributed by atoms with E-state index in [2.05, 4.69) is 4.98 Å². The fourth-order valence-electron chi connectivity index (χ4n) is 0.962. The Bertz CT molecular complexity index is 382. The van der Waals surface area contributed by atoms with E-state index < -0.39 is 23.5 Å². The summed E-state index contributed by atoms with van der Waals surface area (Å²) < 4.78 is 24.7. The van der Waals surface area contributed by atoms with Crippen LogP contribution in [0.1, 0.15) is 28.0 Å². The van der Waals surface area contributed by atoms with Crippen molar-refractivity contribution in [1.82, 2.24) is 4.98 Å². The molecular weight excluding hydrogens is 216 g/mol. The number of rotatable bonds is 2. The number of aromatic nitrogens is 1. The predicted octanol–water partition coefficient (Wildman–Crippen LogP) is 2.68. The van der Waals surface area contributed by atoms with Gasteiger partial charge in [-0.05, 0) is 13.0 Å². The van der Waals surface area contributed by atoms with Crippen molar-refractivity contribution in [1.29, 1.82) is 0 Å². The molecule has 14 heavy (non-hydrogen) atoms. The van der Waals surface area contributed by atoms with Crippen molar-refractivity contribution in [3.63, 3.8) is 0 Å². The number of carboxylic acid groups (broad SMARTS) is 1. The van der Waals surface area contributed by atoms with Crippen molar-refractivity contribution in [2.45, 2.75) is 13.3 Å². The zero-order valence-corrected chi connectivity index (χ0v) is 7.85. The standard InChI is InChI=1S/C8H6ClF2NO2/c1-3-4(7(10)11)2-5(8(13)14)6(9)12-3/h2,7H,1H3,(H,13,14). The van der Waals surface area contributed by atoms with Crippen LogP contribution in [0.5, 0.6) is 0 Å². The summed E-state index contributed by atoms with van der Waals surface area (Å²) in [6.07, 6.45) is -2.75. The fraction of sp³-hybridized carbons (Fsp3) is 0.250. The lowest BCUT2D eigenvalue weighted by molar-refractivity contribution is 0.0696. The maximum atomic E-state index is 12.3. The molecule has 0 aliphatic rings. The molecule has 1 N–H and O–H groups in total. The summed E-state index contributed by atoms with van der Waals surface area (Å²) in [5.74, 6) is -1.37. The summed E-state index contributed by atoms with van der Waals surface area (Å²) in [6, 6.07) is 0.845. The predicted molar refractivity (Wildman–Crippen MR) is 45.9 cm³/mol. The first kappa shape index (κ1) is 10.8. The van der Waals surface area contributed by atoms with Gasteiger partial charge in [-0.25, -0.2) is 18.6 Å². The second kappa shape index (κ2) is 3.88. The molecule has 0 saturated heterocycles. The number of alkyl halides is 2. The number of carbonyl (C=O) groups is 1. The van der Waals surface area contributed by atoms with E-state index in [1.54, 1.807) is 0 Å². The zero-order chi connectivity index (χ0) is 10.9. The summed E-state index contributed by atoms with van der Waals surface area (Å²) >= 11 is 5.46. The molecule has 0 aliphatic heterocycles. The van der Waals surface area contributed by atoms with E-state index in [0.717, 1.165) is 6.07 Å². The van der Waals surface area contributed by atoms with Gasteiger partial charge in [0.25, 0.3) is 6.43 Å². The van der Waals surface area contributed by atoms with Gasteiger partial charge in [0.1, 0.15) is 5.15 Å². The number of aryl methyl sites for hydroxylation is 1. The molecule has 1 aromatic heterocycles. The topological polar surface area (TPSA) is 50.2 Å². The zero-order valence-electron chi connectivity index (χ0n) is 7.09. The van der Waals surface area contributed by atoms with Gasteiger partial charge >= 0.3 is 5.97 Å². The minimum Gasteiger partial charge on any atom is -0.478 e. The van der Waals surface area contributed by atoms with Crippen LogP contribution in [0.25, 0.3) is 0 Å². The highest BCUT2D eigenvalue weighted by molar-refractivity contribution is 6.32. The minimum absolute atomic E-state index is 0.0370. The van der Waals surface area contributed by atoms with Crippen molar-refractivity contribution in [2.24, 2.45) is 0 Å². The number of pyridine rings is 1. The average Bonchev–Trinajstić information content (AvgIpc) is 2.02. The van der Waals surface area contributed by atoms with Gasteiger partial charge < -0.3 is 5.11 Å². The smallest absolute Gasteiger partial charge is 0.338 e. The van der Waals surface area contributed by atoms with E-state index in [-0.39, 0.29) is 10.8 Å². The molecule has 0 atom stereocenters. The van der Waals surface area contributed by atoms with Crippen molar-refractivity contribution < 1.29 is 18.7 Å². The Labute approximate surface area is 83.3 Å². The first-order valence-electron chi connectivity index (χ1n) is 3.62. The molecule has 0 bridgehead atoms.